The van der Waals surface area contributed by atoms with E-state index in [4.69, 9.17) is 4.74 Å². The maximum atomic E-state index is 5.87. The van der Waals surface area contributed by atoms with Gasteiger partial charge in [0, 0.05) is 0 Å². The van der Waals surface area contributed by atoms with Crippen LogP contribution in [0.5, 0.6) is 5.75 Å². The molecular formula is C18H21NOSe. The molecule has 0 saturated carbocycles. The fraction of sp³-hybridized carbons (Fsp3) is 0.222. The summed E-state index contributed by atoms with van der Waals surface area (Å²) in [7, 11) is 0. The molecular weight excluding hydrogens is 325 g/mol. The van der Waals surface area contributed by atoms with Crippen LogP contribution in [0.2, 0.25) is 5.32 Å². The predicted molar refractivity (Wildman–Crippen MR) is 90.6 cm³/mol. The van der Waals surface area contributed by atoms with Gasteiger partial charge in [0.15, 0.2) is 0 Å². The first kappa shape index (κ1) is 15.8. The average molecular weight is 346 g/mol. The fourth-order valence-corrected chi connectivity index (χ4v) is 3.85. The van der Waals surface area contributed by atoms with Gasteiger partial charge in [-0.05, 0) is 0 Å². The summed E-state index contributed by atoms with van der Waals surface area (Å²) in [4.78, 5) is 0. The van der Waals surface area contributed by atoms with Crippen molar-refractivity contribution >= 4 is 19.4 Å². The zero-order valence-electron chi connectivity index (χ0n) is 12.1. The first-order valence-corrected chi connectivity index (χ1v) is 9.15. The molecule has 2 rings (SSSR count). The molecule has 3 heteroatoms. The molecule has 0 spiro atoms. The summed E-state index contributed by atoms with van der Waals surface area (Å²) in [5.41, 5.74) is 0. The van der Waals surface area contributed by atoms with E-state index < -0.39 is 0 Å². The van der Waals surface area contributed by atoms with E-state index >= 15 is 0 Å². The summed E-state index contributed by atoms with van der Waals surface area (Å²) in [6, 6.07) is 21.0. The summed E-state index contributed by atoms with van der Waals surface area (Å²) in [5.74, 6) is 0.926. The van der Waals surface area contributed by atoms with Gasteiger partial charge in [0.2, 0.25) is 0 Å². The quantitative estimate of drug-likeness (QED) is 0.557. The van der Waals surface area contributed by atoms with Gasteiger partial charge < -0.3 is 0 Å². The van der Waals surface area contributed by atoms with Gasteiger partial charge in [-0.2, -0.15) is 0 Å². The van der Waals surface area contributed by atoms with Crippen LogP contribution in [0.15, 0.2) is 73.3 Å². The third-order valence-electron chi connectivity index (χ3n) is 2.94. The molecule has 0 radical (unpaired) electrons. The first-order chi connectivity index (χ1) is 10.4. The number of rotatable bonds is 9. The van der Waals surface area contributed by atoms with Gasteiger partial charge in [-0.3, -0.25) is 0 Å². The molecule has 1 unspecified atom stereocenters. The number of hydrogen-bond acceptors (Lipinski definition) is 2. The van der Waals surface area contributed by atoms with Crippen LogP contribution in [-0.2, 0) is 0 Å². The van der Waals surface area contributed by atoms with Gasteiger partial charge >= 0.3 is 133 Å². The molecule has 1 N–H and O–H groups in total. The third-order valence-corrected chi connectivity index (χ3v) is 5.40. The van der Waals surface area contributed by atoms with Gasteiger partial charge in [0.05, 0.1) is 0 Å². The van der Waals surface area contributed by atoms with Gasteiger partial charge in [-0.1, -0.05) is 0 Å². The van der Waals surface area contributed by atoms with Crippen molar-refractivity contribution in [3.8, 4) is 5.75 Å². The Morgan fingerprint density at radius 1 is 1.05 bits per heavy atom. The van der Waals surface area contributed by atoms with Crippen LogP contribution in [-0.4, -0.2) is 34.2 Å². The normalized spacial score (nSPS) is 11.8. The maximum absolute atomic E-state index is 5.87. The molecule has 2 aromatic rings. The second kappa shape index (κ2) is 9.41. The van der Waals surface area contributed by atoms with E-state index in [9.17, 15) is 0 Å². The molecule has 0 bridgehead atoms. The van der Waals surface area contributed by atoms with Crippen LogP contribution in [0, 0.1) is 0 Å². The predicted octanol–water partition coefficient (Wildman–Crippen LogP) is 2.66. The zero-order chi connectivity index (χ0) is 14.8. The molecule has 0 aliphatic heterocycles. The van der Waals surface area contributed by atoms with E-state index in [1.165, 1.54) is 4.46 Å². The second-order valence-corrected chi connectivity index (χ2v) is 6.94. The van der Waals surface area contributed by atoms with Crippen molar-refractivity contribution in [3.05, 3.63) is 73.3 Å². The fourth-order valence-electron chi connectivity index (χ4n) is 1.84. The Morgan fingerprint density at radius 3 is 2.38 bits per heavy atom. The number of hydrogen-bond donors (Lipinski definition) is 1. The van der Waals surface area contributed by atoms with Crippen LogP contribution >= 0.6 is 0 Å². The zero-order valence-corrected chi connectivity index (χ0v) is 13.8. The first-order valence-electron chi connectivity index (χ1n) is 7.08. The third kappa shape index (κ3) is 6.17. The molecule has 0 saturated heterocycles. The van der Waals surface area contributed by atoms with E-state index in [-0.39, 0.29) is 0 Å². The van der Waals surface area contributed by atoms with Crippen LogP contribution < -0.4 is 14.5 Å². The van der Waals surface area contributed by atoms with Crippen molar-refractivity contribution in [1.29, 1.82) is 0 Å². The number of ether oxygens (including phenoxy) is 1. The standard InChI is InChI=1S/C18H21NOSe/c1-2-13-19-16(14-20-17-9-5-3-6-10-17)15-21-18-11-7-4-8-12-18/h2-12,16,19H,1,13-15H2. The minimum atomic E-state index is 0.350. The Labute approximate surface area is 133 Å². The van der Waals surface area contributed by atoms with Crippen molar-refractivity contribution in [2.24, 2.45) is 0 Å². The molecule has 0 aliphatic carbocycles. The van der Waals surface area contributed by atoms with Crippen LogP contribution in [0.4, 0.5) is 0 Å². The summed E-state index contributed by atoms with van der Waals surface area (Å²) >= 11 is 0.458. The van der Waals surface area contributed by atoms with Gasteiger partial charge in [-0.25, -0.2) is 0 Å². The molecule has 2 aromatic carbocycles. The Hall–Kier alpha value is -1.54. The average Bonchev–Trinajstić information content (AvgIpc) is 2.56. The molecule has 0 aliphatic rings. The SMILES string of the molecule is C=CCNC(COc1ccccc1)C[Se]c1ccccc1. The molecule has 0 heterocycles. The molecule has 1 atom stereocenters. The topological polar surface area (TPSA) is 21.3 Å². The summed E-state index contributed by atoms with van der Waals surface area (Å²) in [6.45, 7) is 5.27. The van der Waals surface area contributed by atoms with Crippen LogP contribution in [0.1, 0.15) is 0 Å². The molecule has 0 fully saturated rings. The van der Waals surface area contributed by atoms with E-state index in [0.717, 1.165) is 17.6 Å². The van der Waals surface area contributed by atoms with Crippen molar-refractivity contribution in [1.82, 2.24) is 5.32 Å². The number of para-hydroxylation sites is 1. The van der Waals surface area contributed by atoms with Crippen molar-refractivity contribution in [2.45, 2.75) is 11.4 Å². The summed E-state index contributed by atoms with van der Waals surface area (Å²) in [5, 5.41) is 4.59. The molecule has 2 nitrogen and oxygen atoms in total. The minimum absolute atomic E-state index is 0.350. The molecule has 110 valence electrons. The van der Waals surface area contributed by atoms with Crippen LogP contribution in [0.25, 0.3) is 0 Å². The van der Waals surface area contributed by atoms with Gasteiger partial charge in [-0.15, -0.1) is 0 Å². The summed E-state index contributed by atoms with van der Waals surface area (Å²) in [6.07, 6.45) is 1.89. The van der Waals surface area contributed by atoms with E-state index in [0.29, 0.717) is 27.6 Å². The molecule has 21 heavy (non-hydrogen) atoms. The summed E-state index contributed by atoms with van der Waals surface area (Å²) < 4.78 is 7.29. The Balaban J connectivity index is 1.83. The molecule has 0 amide bonds. The monoisotopic (exact) mass is 347 g/mol. The van der Waals surface area contributed by atoms with Crippen molar-refractivity contribution < 1.29 is 4.74 Å². The number of nitrogens with one attached hydrogen (secondary N) is 1. The molecule has 0 aromatic heterocycles. The van der Waals surface area contributed by atoms with Gasteiger partial charge in [0.1, 0.15) is 0 Å². The Kier molecular flexibility index (Phi) is 7.09. The van der Waals surface area contributed by atoms with E-state index in [1.54, 1.807) is 0 Å². The van der Waals surface area contributed by atoms with Crippen molar-refractivity contribution in [2.75, 3.05) is 13.2 Å². The second-order valence-electron chi connectivity index (χ2n) is 4.64. The van der Waals surface area contributed by atoms with E-state index in [2.05, 4.69) is 42.2 Å². The Bertz CT molecular complexity index is 472. The van der Waals surface area contributed by atoms with Gasteiger partial charge in [0.25, 0.3) is 0 Å². The van der Waals surface area contributed by atoms with E-state index in [1.807, 2.05) is 36.4 Å². The van der Waals surface area contributed by atoms with Crippen LogP contribution in [0.3, 0.4) is 0 Å². The van der Waals surface area contributed by atoms with Crippen molar-refractivity contribution in [3.63, 3.8) is 0 Å². The number of benzene rings is 2. The Morgan fingerprint density at radius 2 is 1.71 bits per heavy atom.